The summed E-state index contributed by atoms with van der Waals surface area (Å²) in [5.41, 5.74) is 5.43. The molecule has 0 unspecified atom stereocenters. The number of hydrogen-bond acceptors (Lipinski definition) is 3. The molecule has 4 nitrogen and oxygen atoms in total. The van der Waals surface area contributed by atoms with E-state index < -0.39 is 0 Å². The third-order valence-corrected chi connectivity index (χ3v) is 4.07. The number of piperidine rings is 1. The molecule has 1 amide bonds. The molecule has 3 N–H and O–H groups in total. The predicted molar refractivity (Wildman–Crippen MR) is 80.0 cm³/mol. The Bertz CT molecular complexity index is 238. The molecule has 0 spiro atoms. The second-order valence-electron chi connectivity index (χ2n) is 5.84. The maximum absolute atomic E-state index is 11.6. The molecule has 1 fully saturated rings. The number of unbranched alkanes of at least 4 members (excludes halogenated alkanes) is 3. The van der Waals surface area contributed by atoms with E-state index >= 15 is 0 Å². The standard InChI is InChI=1S/C15H31N3O/c1-18-12-8-14(9-13-18)7-11-17-15(19)6-4-2-3-5-10-16/h14H,2-13,16H2,1H3,(H,17,19). The minimum atomic E-state index is 0.223. The lowest BCUT2D eigenvalue weighted by molar-refractivity contribution is -0.121. The van der Waals surface area contributed by atoms with Gasteiger partial charge in [-0.3, -0.25) is 4.79 Å². The molecule has 1 rings (SSSR count). The molecule has 1 aliphatic rings. The molecule has 4 heteroatoms. The van der Waals surface area contributed by atoms with Crippen LogP contribution in [0.15, 0.2) is 0 Å². The van der Waals surface area contributed by atoms with E-state index in [1.165, 1.54) is 25.9 Å². The van der Waals surface area contributed by atoms with Gasteiger partial charge in [-0.1, -0.05) is 12.8 Å². The number of hydrogen-bond donors (Lipinski definition) is 2. The van der Waals surface area contributed by atoms with Crippen LogP contribution in [0.1, 0.15) is 51.4 Å². The van der Waals surface area contributed by atoms with Crippen LogP contribution in [0.2, 0.25) is 0 Å². The van der Waals surface area contributed by atoms with Gasteiger partial charge in [-0.05, 0) is 64.7 Å². The zero-order valence-electron chi connectivity index (χ0n) is 12.5. The second kappa shape index (κ2) is 10.2. The van der Waals surface area contributed by atoms with E-state index in [2.05, 4.69) is 17.3 Å². The predicted octanol–water partition coefficient (Wildman–Crippen LogP) is 1.74. The van der Waals surface area contributed by atoms with Crippen molar-refractivity contribution in [1.29, 1.82) is 0 Å². The lowest BCUT2D eigenvalue weighted by Gasteiger charge is -2.28. The van der Waals surface area contributed by atoms with Crippen LogP contribution >= 0.6 is 0 Å². The average molecular weight is 269 g/mol. The van der Waals surface area contributed by atoms with Gasteiger partial charge < -0.3 is 16.0 Å². The van der Waals surface area contributed by atoms with Gasteiger partial charge in [0.2, 0.25) is 5.91 Å². The van der Waals surface area contributed by atoms with Gasteiger partial charge in [-0.25, -0.2) is 0 Å². The smallest absolute Gasteiger partial charge is 0.219 e. The topological polar surface area (TPSA) is 58.4 Å². The monoisotopic (exact) mass is 269 g/mol. The first-order chi connectivity index (χ1) is 9.22. The fourth-order valence-corrected chi connectivity index (χ4v) is 2.64. The summed E-state index contributed by atoms with van der Waals surface area (Å²) in [6, 6.07) is 0. The van der Waals surface area contributed by atoms with E-state index in [1.54, 1.807) is 0 Å². The van der Waals surface area contributed by atoms with Crippen molar-refractivity contribution >= 4 is 5.91 Å². The maximum atomic E-state index is 11.6. The summed E-state index contributed by atoms with van der Waals surface area (Å²) in [6.45, 7) is 4.04. The van der Waals surface area contributed by atoms with E-state index in [4.69, 9.17) is 5.73 Å². The van der Waals surface area contributed by atoms with Crippen molar-refractivity contribution in [2.45, 2.75) is 51.4 Å². The van der Waals surface area contributed by atoms with Crippen molar-refractivity contribution in [1.82, 2.24) is 10.2 Å². The minimum Gasteiger partial charge on any atom is -0.356 e. The van der Waals surface area contributed by atoms with Crippen molar-refractivity contribution in [2.75, 3.05) is 33.2 Å². The van der Waals surface area contributed by atoms with Crippen molar-refractivity contribution in [3.8, 4) is 0 Å². The third kappa shape index (κ3) is 8.22. The number of nitrogens with zero attached hydrogens (tertiary/aromatic N) is 1. The highest BCUT2D eigenvalue weighted by Gasteiger charge is 2.16. The normalized spacial score (nSPS) is 17.6. The molecule has 0 radical (unpaired) electrons. The molecule has 0 atom stereocenters. The van der Waals surface area contributed by atoms with Crippen molar-refractivity contribution in [3.63, 3.8) is 0 Å². The number of amides is 1. The van der Waals surface area contributed by atoms with Gasteiger partial charge >= 0.3 is 0 Å². The highest BCUT2D eigenvalue weighted by molar-refractivity contribution is 5.75. The number of carbonyl (C=O) groups is 1. The van der Waals surface area contributed by atoms with Crippen LogP contribution in [-0.4, -0.2) is 44.0 Å². The Hall–Kier alpha value is -0.610. The number of rotatable bonds is 9. The van der Waals surface area contributed by atoms with Crippen LogP contribution in [0.25, 0.3) is 0 Å². The van der Waals surface area contributed by atoms with Crippen molar-refractivity contribution in [3.05, 3.63) is 0 Å². The Morgan fingerprint density at radius 3 is 2.58 bits per heavy atom. The number of nitrogens with two attached hydrogens (primary N) is 1. The average Bonchev–Trinajstić information content (AvgIpc) is 2.41. The largest absolute Gasteiger partial charge is 0.356 e. The van der Waals surface area contributed by atoms with E-state index in [0.717, 1.165) is 51.1 Å². The van der Waals surface area contributed by atoms with Crippen LogP contribution in [-0.2, 0) is 4.79 Å². The number of carbonyl (C=O) groups excluding carboxylic acids is 1. The third-order valence-electron chi connectivity index (χ3n) is 4.07. The molecule has 19 heavy (non-hydrogen) atoms. The SMILES string of the molecule is CN1CCC(CCNC(=O)CCCCCCN)CC1. The van der Waals surface area contributed by atoms with Gasteiger partial charge in [0.15, 0.2) is 0 Å². The van der Waals surface area contributed by atoms with E-state index in [1.807, 2.05) is 0 Å². The summed E-state index contributed by atoms with van der Waals surface area (Å²) in [5, 5.41) is 3.05. The summed E-state index contributed by atoms with van der Waals surface area (Å²) in [4.78, 5) is 14.0. The van der Waals surface area contributed by atoms with Gasteiger partial charge in [0.25, 0.3) is 0 Å². The van der Waals surface area contributed by atoms with E-state index in [-0.39, 0.29) is 5.91 Å². The highest BCUT2D eigenvalue weighted by Crippen LogP contribution is 2.18. The van der Waals surface area contributed by atoms with Gasteiger partial charge in [0.05, 0.1) is 0 Å². The Morgan fingerprint density at radius 2 is 1.89 bits per heavy atom. The lowest BCUT2D eigenvalue weighted by Crippen LogP contribution is -2.32. The molecule has 0 saturated carbocycles. The molecule has 1 saturated heterocycles. The Labute approximate surface area is 118 Å². The fourth-order valence-electron chi connectivity index (χ4n) is 2.64. The van der Waals surface area contributed by atoms with Crippen LogP contribution in [0.4, 0.5) is 0 Å². The Kier molecular flexibility index (Phi) is 8.84. The first-order valence-corrected chi connectivity index (χ1v) is 7.87. The molecular formula is C15H31N3O. The lowest BCUT2D eigenvalue weighted by atomic mass is 9.94. The summed E-state index contributed by atoms with van der Waals surface area (Å²) in [5.74, 6) is 1.03. The van der Waals surface area contributed by atoms with Gasteiger partial charge in [0.1, 0.15) is 0 Å². The summed E-state index contributed by atoms with van der Waals surface area (Å²) in [6.07, 6.45) is 8.75. The number of likely N-dealkylation sites (tertiary alicyclic amines) is 1. The molecule has 112 valence electrons. The first kappa shape index (κ1) is 16.4. The molecule has 0 bridgehead atoms. The highest BCUT2D eigenvalue weighted by atomic mass is 16.1. The Balaban J connectivity index is 1.92. The fraction of sp³-hybridized carbons (Fsp3) is 0.933. The molecule has 1 heterocycles. The van der Waals surface area contributed by atoms with Gasteiger partial charge in [-0.2, -0.15) is 0 Å². The second-order valence-corrected chi connectivity index (χ2v) is 5.84. The van der Waals surface area contributed by atoms with Crippen molar-refractivity contribution < 1.29 is 4.79 Å². The van der Waals surface area contributed by atoms with E-state index in [0.29, 0.717) is 6.42 Å². The van der Waals surface area contributed by atoms with Gasteiger partial charge in [0, 0.05) is 13.0 Å². The van der Waals surface area contributed by atoms with Crippen LogP contribution in [0, 0.1) is 5.92 Å². The van der Waals surface area contributed by atoms with Crippen LogP contribution < -0.4 is 11.1 Å². The van der Waals surface area contributed by atoms with Gasteiger partial charge in [-0.15, -0.1) is 0 Å². The Morgan fingerprint density at radius 1 is 1.21 bits per heavy atom. The zero-order chi connectivity index (χ0) is 13.9. The quantitative estimate of drug-likeness (QED) is 0.627. The number of nitrogens with one attached hydrogen (secondary N) is 1. The van der Waals surface area contributed by atoms with Crippen molar-refractivity contribution in [2.24, 2.45) is 11.7 Å². The molecule has 0 aliphatic carbocycles. The summed E-state index contributed by atoms with van der Waals surface area (Å²) in [7, 11) is 2.18. The van der Waals surface area contributed by atoms with Crippen LogP contribution in [0.5, 0.6) is 0 Å². The summed E-state index contributed by atoms with van der Waals surface area (Å²) < 4.78 is 0. The maximum Gasteiger partial charge on any atom is 0.219 e. The first-order valence-electron chi connectivity index (χ1n) is 7.87. The molecule has 0 aromatic rings. The molecular weight excluding hydrogens is 238 g/mol. The van der Waals surface area contributed by atoms with Crippen LogP contribution in [0.3, 0.4) is 0 Å². The zero-order valence-corrected chi connectivity index (χ0v) is 12.5. The minimum absolute atomic E-state index is 0.223. The molecule has 0 aromatic carbocycles. The van der Waals surface area contributed by atoms with E-state index in [9.17, 15) is 4.79 Å². The molecule has 0 aromatic heterocycles. The summed E-state index contributed by atoms with van der Waals surface area (Å²) >= 11 is 0. The molecule has 1 aliphatic heterocycles.